The second-order valence-corrected chi connectivity index (χ2v) is 8.42. The highest BCUT2D eigenvalue weighted by Gasteiger charge is 2.40. The minimum absolute atomic E-state index is 0.101. The molecule has 2 heterocycles. The standard InChI is InChI=1S/C24H25N3O2/c1-24(2)19-13-16(27-8-10-29-11-9-27)5-7-17(19)22(28)21-18-6-4-15(14-25-3)12-20(18)26-23(21)24/h4-7,12-13,26H,3,8-11,14H2,1-2H3. The third-order valence-corrected chi connectivity index (χ3v) is 6.31. The van der Waals surface area contributed by atoms with Crippen LogP contribution in [0.15, 0.2) is 41.4 Å². The third kappa shape index (κ3) is 2.72. The van der Waals surface area contributed by atoms with E-state index in [4.69, 9.17) is 4.74 Å². The first-order chi connectivity index (χ1) is 14.0. The number of nitrogens with zero attached hydrogens (tertiary/aromatic N) is 2. The van der Waals surface area contributed by atoms with Crippen molar-refractivity contribution in [3.63, 3.8) is 0 Å². The Hall–Kier alpha value is -2.92. The smallest absolute Gasteiger partial charge is 0.195 e. The molecule has 0 amide bonds. The second kappa shape index (κ2) is 6.56. The first-order valence-corrected chi connectivity index (χ1v) is 10.1. The van der Waals surface area contributed by atoms with Crippen LogP contribution >= 0.6 is 0 Å². The van der Waals surface area contributed by atoms with Crippen molar-refractivity contribution in [3.8, 4) is 0 Å². The van der Waals surface area contributed by atoms with Crippen LogP contribution in [0.2, 0.25) is 0 Å². The normalized spacial score (nSPS) is 17.9. The number of anilines is 1. The van der Waals surface area contributed by atoms with Gasteiger partial charge in [-0.05, 0) is 42.1 Å². The van der Waals surface area contributed by atoms with E-state index in [1.165, 1.54) is 0 Å². The van der Waals surface area contributed by atoms with Crippen molar-refractivity contribution >= 4 is 29.1 Å². The van der Waals surface area contributed by atoms with Gasteiger partial charge in [0.15, 0.2) is 5.78 Å². The van der Waals surface area contributed by atoms with Gasteiger partial charge in [-0.15, -0.1) is 0 Å². The van der Waals surface area contributed by atoms with E-state index in [2.05, 4.69) is 53.6 Å². The van der Waals surface area contributed by atoms with Crippen LogP contribution in [0, 0.1) is 0 Å². The van der Waals surface area contributed by atoms with E-state index in [9.17, 15) is 4.79 Å². The molecule has 1 aliphatic heterocycles. The molecule has 5 nitrogen and oxygen atoms in total. The number of ether oxygens (including phenoxy) is 1. The largest absolute Gasteiger partial charge is 0.378 e. The van der Waals surface area contributed by atoms with Gasteiger partial charge >= 0.3 is 0 Å². The molecule has 3 aromatic rings. The lowest BCUT2D eigenvalue weighted by atomic mass is 9.71. The fourth-order valence-electron chi connectivity index (χ4n) is 4.71. The summed E-state index contributed by atoms with van der Waals surface area (Å²) in [5, 5.41) is 0.980. The number of morpholine rings is 1. The van der Waals surface area contributed by atoms with E-state index in [1.807, 2.05) is 18.2 Å². The number of fused-ring (bicyclic) bond motifs is 4. The van der Waals surface area contributed by atoms with Gasteiger partial charge in [-0.3, -0.25) is 9.79 Å². The number of carbonyl (C=O) groups is 1. The molecular weight excluding hydrogens is 362 g/mol. The number of nitrogens with one attached hydrogen (secondary N) is 1. The van der Waals surface area contributed by atoms with Crippen LogP contribution in [-0.2, 0) is 16.7 Å². The van der Waals surface area contributed by atoms with Crippen LogP contribution in [0.25, 0.3) is 10.9 Å². The van der Waals surface area contributed by atoms with Crippen LogP contribution < -0.4 is 4.90 Å². The summed E-state index contributed by atoms with van der Waals surface area (Å²) in [6, 6.07) is 12.4. The Labute approximate surface area is 170 Å². The predicted octanol–water partition coefficient (Wildman–Crippen LogP) is 4.08. The zero-order valence-electron chi connectivity index (χ0n) is 16.9. The molecule has 29 heavy (non-hydrogen) atoms. The van der Waals surface area contributed by atoms with Gasteiger partial charge in [0.2, 0.25) is 0 Å². The summed E-state index contributed by atoms with van der Waals surface area (Å²) in [4.78, 5) is 23.4. The van der Waals surface area contributed by atoms with Crippen molar-refractivity contribution in [1.29, 1.82) is 0 Å². The van der Waals surface area contributed by atoms with E-state index >= 15 is 0 Å². The lowest BCUT2D eigenvalue weighted by Gasteiger charge is -2.35. The average Bonchev–Trinajstić information content (AvgIpc) is 3.13. The molecule has 5 rings (SSSR count). The maximum atomic E-state index is 13.5. The number of aromatic nitrogens is 1. The van der Waals surface area contributed by atoms with Crippen LogP contribution in [0.1, 0.15) is 46.6 Å². The molecule has 0 radical (unpaired) electrons. The molecule has 1 fully saturated rings. The van der Waals surface area contributed by atoms with Crippen LogP contribution in [-0.4, -0.2) is 43.8 Å². The van der Waals surface area contributed by atoms with E-state index in [-0.39, 0.29) is 11.2 Å². The number of rotatable bonds is 3. The number of aliphatic imine (C=N–C) groups is 1. The zero-order chi connectivity index (χ0) is 20.2. The fraction of sp³-hybridized carbons (Fsp3) is 0.333. The Bertz CT molecular complexity index is 1140. The monoisotopic (exact) mass is 387 g/mol. The molecule has 2 aliphatic rings. The van der Waals surface area contributed by atoms with Gasteiger partial charge < -0.3 is 14.6 Å². The van der Waals surface area contributed by atoms with Crippen molar-refractivity contribution in [3.05, 3.63) is 64.3 Å². The summed E-state index contributed by atoms with van der Waals surface area (Å²) >= 11 is 0. The first-order valence-electron chi connectivity index (χ1n) is 10.1. The highest BCUT2D eigenvalue weighted by atomic mass is 16.5. The molecule has 0 saturated carbocycles. The fourth-order valence-corrected chi connectivity index (χ4v) is 4.71. The van der Waals surface area contributed by atoms with Crippen LogP contribution in [0.5, 0.6) is 0 Å². The minimum Gasteiger partial charge on any atom is -0.378 e. The Balaban J connectivity index is 1.66. The zero-order valence-corrected chi connectivity index (χ0v) is 16.9. The highest BCUT2D eigenvalue weighted by molar-refractivity contribution is 6.20. The molecule has 0 atom stereocenters. The average molecular weight is 387 g/mol. The van der Waals surface area contributed by atoms with Gasteiger partial charge in [0, 0.05) is 46.4 Å². The summed E-state index contributed by atoms with van der Waals surface area (Å²) in [5.41, 5.74) is 6.61. The molecule has 1 saturated heterocycles. The molecule has 148 valence electrons. The lowest BCUT2D eigenvalue weighted by molar-refractivity contribution is 0.103. The summed E-state index contributed by atoms with van der Waals surface area (Å²) in [6.45, 7) is 11.8. The van der Waals surface area contributed by atoms with Crippen molar-refractivity contribution in [2.45, 2.75) is 25.8 Å². The molecule has 2 aromatic carbocycles. The lowest BCUT2D eigenvalue weighted by Crippen LogP contribution is -2.37. The van der Waals surface area contributed by atoms with Crippen LogP contribution in [0.3, 0.4) is 0 Å². The molecule has 0 unspecified atom stereocenters. The SMILES string of the molecule is C=NCc1ccc2c3c([nH]c2c1)C(C)(C)c1cc(N2CCOCC2)ccc1C3=O. The van der Waals surface area contributed by atoms with Crippen molar-refractivity contribution in [2.24, 2.45) is 4.99 Å². The molecule has 0 bridgehead atoms. The van der Waals surface area contributed by atoms with Crippen LogP contribution in [0.4, 0.5) is 5.69 Å². The maximum absolute atomic E-state index is 13.5. The second-order valence-electron chi connectivity index (χ2n) is 8.42. The highest BCUT2D eigenvalue weighted by Crippen LogP contribution is 2.44. The molecule has 0 spiro atoms. The summed E-state index contributed by atoms with van der Waals surface area (Å²) in [5.74, 6) is 0.101. The number of ketones is 1. The molecule has 1 aliphatic carbocycles. The van der Waals surface area contributed by atoms with Gasteiger partial charge in [-0.2, -0.15) is 0 Å². The maximum Gasteiger partial charge on any atom is 0.195 e. The summed E-state index contributed by atoms with van der Waals surface area (Å²) in [7, 11) is 0. The molecular formula is C24H25N3O2. The van der Waals surface area contributed by atoms with Gasteiger partial charge in [0.1, 0.15) is 0 Å². The van der Waals surface area contributed by atoms with Gasteiger partial charge in [0.05, 0.1) is 25.3 Å². The van der Waals surface area contributed by atoms with Gasteiger partial charge in [-0.25, -0.2) is 0 Å². The number of carbonyl (C=O) groups excluding carboxylic acids is 1. The topological polar surface area (TPSA) is 57.7 Å². The Morgan fingerprint density at radius 2 is 1.97 bits per heavy atom. The van der Waals surface area contributed by atoms with Gasteiger partial charge in [-0.1, -0.05) is 26.0 Å². The number of H-pyrrole nitrogens is 1. The van der Waals surface area contributed by atoms with Gasteiger partial charge in [0.25, 0.3) is 0 Å². The van der Waals surface area contributed by atoms with E-state index in [1.54, 1.807) is 0 Å². The predicted molar refractivity (Wildman–Crippen MR) is 117 cm³/mol. The number of hydrogen-bond donors (Lipinski definition) is 1. The number of aromatic amines is 1. The van der Waals surface area contributed by atoms with Crippen molar-refractivity contribution in [1.82, 2.24) is 4.98 Å². The number of hydrogen-bond acceptors (Lipinski definition) is 4. The summed E-state index contributed by atoms with van der Waals surface area (Å²) < 4.78 is 5.49. The molecule has 5 heteroatoms. The van der Waals surface area contributed by atoms with E-state index < -0.39 is 0 Å². The van der Waals surface area contributed by atoms with Crippen molar-refractivity contribution in [2.75, 3.05) is 31.2 Å². The van der Waals surface area contributed by atoms with Crippen molar-refractivity contribution < 1.29 is 9.53 Å². The Morgan fingerprint density at radius 1 is 1.17 bits per heavy atom. The Morgan fingerprint density at radius 3 is 2.72 bits per heavy atom. The summed E-state index contributed by atoms with van der Waals surface area (Å²) in [6.07, 6.45) is 0. The quantitative estimate of drug-likeness (QED) is 0.689. The third-order valence-electron chi connectivity index (χ3n) is 6.31. The Kier molecular flexibility index (Phi) is 4.10. The first kappa shape index (κ1) is 18.1. The van der Waals surface area contributed by atoms with E-state index in [0.717, 1.165) is 70.8 Å². The van der Waals surface area contributed by atoms with E-state index in [0.29, 0.717) is 6.54 Å². The molecule has 1 N–H and O–H groups in total. The minimum atomic E-state index is -0.295. The number of benzene rings is 2. The molecule has 1 aromatic heterocycles.